The van der Waals surface area contributed by atoms with Gasteiger partial charge in [0.25, 0.3) is 0 Å². The summed E-state index contributed by atoms with van der Waals surface area (Å²) in [6.07, 6.45) is 4.16. The van der Waals surface area contributed by atoms with E-state index in [0.717, 1.165) is 31.5 Å². The molecule has 3 saturated heterocycles. The highest BCUT2D eigenvalue weighted by Gasteiger charge is 2.52. The van der Waals surface area contributed by atoms with Gasteiger partial charge < -0.3 is 15.0 Å². The number of likely N-dealkylation sites (tertiary alicyclic amines) is 1. The highest BCUT2D eigenvalue weighted by molar-refractivity contribution is 5.76. The van der Waals surface area contributed by atoms with Crippen molar-refractivity contribution >= 4 is 5.91 Å². The minimum absolute atomic E-state index is 0.119. The standard InChI is InChI=1S/C15H26N2O2/c1-15(2,3)16-14(18)6-7-17-8-10-11(9-17)13-5-4-12(10)19-13/h10-13H,4-9H2,1-3H3,(H,16,18)/t10-,11-,12+,13+/m0/s1. The summed E-state index contributed by atoms with van der Waals surface area (Å²) in [5, 5.41) is 3.03. The maximum atomic E-state index is 11.8. The molecular formula is C15H26N2O2. The molecule has 3 aliphatic heterocycles. The Bertz CT molecular complexity index is 346. The first kappa shape index (κ1) is 13.4. The van der Waals surface area contributed by atoms with Crippen LogP contribution in [0.3, 0.4) is 0 Å². The lowest BCUT2D eigenvalue weighted by atomic mass is 9.82. The Hall–Kier alpha value is -0.610. The SMILES string of the molecule is CC(C)(C)NC(=O)CCN1C[C@H]2[C@H](C1)[C@H]1CC[C@H]2O1. The number of carbonyl (C=O) groups is 1. The van der Waals surface area contributed by atoms with Crippen molar-refractivity contribution in [3.8, 4) is 0 Å². The van der Waals surface area contributed by atoms with Crippen molar-refractivity contribution in [1.29, 1.82) is 0 Å². The fourth-order valence-electron chi connectivity index (χ4n) is 3.97. The molecule has 4 atom stereocenters. The second-order valence-corrected chi connectivity index (χ2v) is 7.43. The monoisotopic (exact) mass is 266 g/mol. The molecule has 3 heterocycles. The highest BCUT2D eigenvalue weighted by atomic mass is 16.5. The topological polar surface area (TPSA) is 41.6 Å². The number of amides is 1. The summed E-state index contributed by atoms with van der Waals surface area (Å²) < 4.78 is 5.97. The molecule has 0 radical (unpaired) electrons. The smallest absolute Gasteiger partial charge is 0.221 e. The number of carbonyl (C=O) groups excluding carboxylic acids is 1. The molecule has 1 N–H and O–H groups in total. The van der Waals surface area contributed by atoms with Crippen LogP contribution in [-0.4, -0.2) is 48.2 Å². The van der Waals surface area contributed by atoms with E-state index in [4.69, 9.17) is 4.74 Å². The van der Waals surface area contributed by atoms with Gasteiger partial charge in [-0.15, -0.1) is 0 Å². The highest BCUT2D eigenvalue weighted by Crippen LogP contribution is 2.47. The summed E-state index contributed by atoms with van der Waals surface area (Å²) >= 11 is 0. The van der Waals surface area contributed by atoms with Gasteiger partial charge in [0, 0.05) is 43.4 Å². The van der Waals surface area contributed by atoms with Gasteiger partial charge in [0.1, 0.15) is 0 Å². The van der Waals surface area contributed by atoms with Crippen LogP contribution in [-0.2, 0) is 9.53 Å². The molecular weight excluding hydrogens is 240 g/mol. The van der Waals surface area contributed by atoms with Crippen molar-refractivity contribution < 1.29 is 9.53 Å². The number of nitrogens with zero attached hydrogens (tertiary/aromatic N) is 1. The molecule has 19 heavy (non-hydrogen) atoms. The lowest BCUT2D eigenvalue weighted by molar-refractivity contribution is -0.122. The van der Waals surface area contributed by atoms with Crippen LogP contribution in [0, 0.1) is 11.8 Å². The van der Waals surface area contributed by atoms with Gasteiger partial charge in [-0.3, -0.25) is 4.79 Å². The molecule has 0 aromatic rings. The molecule has 0 aliphatic carbocycles. The Morgan fingerprint density at radius 2 is 1.79 bits per heavy atom. The van der Waals surface area contributed by atoms with E-state index in [0.29, 0.717) is 18.6 Å². The molecule has 2 bridgehead atoms. The Labute approximate surface area is 115 Å². The summed E-state index contributed by atoms with van der Waals surface area (Å²) in [4.78, 5) is 14.3. The predicted molar refractivity (Wildman–Crippen MR) is 73.8 cm³/mol. The lowest BCUT2D eigenvalue weighted by Gasteiger charge is -2.22. The van der Waals surface area contributed by atoms with Gasteiger partial charge in [-0.05, 0) is 33.6 Å². The van der Waals surface area contributed by atoms with E-state index < -0.39 is 0 Å². The van der Waals surface area contributed by atoms with Gasteiger partial charge in [-0.2, -0.15) is 0 Å². The van der Waals surface area contributed by atoms with E-state index in [1.54, 1.807) is 0 Å². The molecule has 0 saturated carbocycles. The second-order valence-electron chi connectivity index (χ2n) is 7.43. The van der Waals surface area contributed by atoms with Crippen molar-refractivity contribution in [3.05, 3.63) is 0 Å². The summed E-state index contributed by atoms with van der Waals surface area (Å²) in [5.41, 5.74) is -0.119. The zero-order chi connectivity index (χ0) is 13.6. The van der Waals surface area contributed by atoms with Crippen LogP contribution in [0.25, 0.3) is 0 Å². The maximum Gasteiger partial charge on any atom is 0.221 e. The fraction of sp³-hybridized carbons (Fsp3) is 0.933. The molecule has 3 aliphatic rings. The Kier molecular flexibility index (Phi) is 3.34. The van der Waals surface area contributed by atoms with Crippen LogP contribution in [0.4, 0.5) is 0 Å². The maximum absolute atomic E-state index is 11.8. The van der Waals surface area contributed by atoms with Crippen LogP contribution < -0.4 is 5.32 Å². The summed E-state index contributed by atoms with van der Waals surface area (Å²) in [7, 11) is 0. The van der Waals surface area contributed by atoms with E-state index in [1.807, 2.05) is 20.8 Å². The van der Waals surface area contributed by atoms with Crippen LogP contribution >= 0.6 is 0 Å². The fourth-order valence-corrected chi connectivity index (χ4v) is 3.97. The number of hydrogen-bond donors (Lipinski definition) is 1. The van der Waals surface area contributed by atoms with Gasteiger partial charge in [0.2, 0.25) is 5.91 Å². The molecule has 0 unspecified atom stereocenters. The van der Waals surface area contributed by atoms with Gasteiger partial charge in [-0.1, -0.05) is 0 Å². The normalized spacial score (nSPS) is 37.6. The molecule has 0 aromatic carbocycles. The Morgan fingerprint density at radius 3 is 2.32 bits per heavy atom. The number of fused-ring (bicyclic) bond motifs is 5. The molecule has 3 rings (SSSR count). The van der Waals surface area contributed by atoms with Crippen molar-refractivity contribution in [3.63, 3.8) is 0 Å². The van der Waals surface area contributed by atoms with Crippen LogP contribution in [0.1, 0.15) is 40.0 Å². The predicted octanol–water partition coefficient (Wildman–Crippen LogP) is 1.40. The largest absolute Gasteiger partial charge is 0.374 e. The number of ether oxygens (including phenoxy) is 1. The average molecular weight is 266 g/mol. The van der Waals surface area contributed by atoms with Gasteiger partial charge in [0.15, 0.2) is 0 Å². The zero-order valence-corrected chi connectivity index (χ0v) is 12.3. The summed E-state index contributed by atoms with van der Waals surface area (Å²) in [6.45, 7) is 9.25. The first-order valence-corrected chi connectivity index (χ1v) is 7.61. The minimum Gasteiger partial charge on any atom is -0.374 e. The molecule has 108 valence electrons. The van der Waals surface area contributed by atoms with Crippen molar-refractivity contribution in [1.82, 2.24) is 10.2 Å². The molecule has 3 fully saturated rings. The summed E-state index contributed by atoms with van der Waals surface area (Å²) in [6, 6.07) is 0. The first-order chi connectivity index (χ1) is 8.92. The zero-order valence-electron chi connectivity index (χ0n) is 12.3. The lowest BCUT2D eigenvalue weighted by Crippen LogP contribution is -2.42. The third kappa shape index (κ3) is 2.79. The van der Waals surface area contributed by atoms with E-state index in [9.17, 15) is 4.79 Å². The van der Waals surface area contributed by atoms with Crippen LogP contribution in [0.2, 0.25) is 0 Å². The van der Waals surface area contributed by atoms with E-state index in [-0.39, 0.29) is 11.4 Å². The number of nitrogens with one attached hydrogen (secondary N) is 1. The van der Waals surface area contributed by atoms with Crippen molar-refractivity contribution in [2.75, 3.05) is 19.6 Å². The van der Waals surface area contributed by atoms with Crippen LogP contribution in [0.15, 0.2) is 0 Å². The van der Waals surface area contributed by atoms with E-state index in [2.05, 4.69) is 10.2 Å². The van der Waals surface area contributed by atoms with E-state index >= 15 is 0 Å². The van der Waals surface area contributed by atoms with Crippen molar-refractivity contribution in [2.24, 2.45) is 11.8 Å². The van der Waals surface area contributed by atoms with E-state index in [1.165, 1.54) is 12.8 Å². The number of rotatable bonds is 3. The molecule has 0 aromatic heterocycles. The minimum atomic E-state index is -0.119. The molecule has 4 nitrogen and oxygen atoms in total. The Morgan fingerprint density at radius 1 is 1.21 bits per heavy atom. The first-order valence-electron chi connectivity index (χ1n) is 7.61. The molecule has 1 amide bonds. The quantitative estimate of drug-likeness (QED) is 0.839. The summed E-state index contributed by atoms with van der Waals surface area (Å²) in [5.74, 6) is 1.65. The van der Waals surface area contributed by atoms with Gasteiger partial charge in [-0.25, -0.2) is 0 Å². The van der Waals surface area contributed by atoms with Crippen LogP contribution in [0.5, 0.6) is 0 Å². The third-order valence-electron chi connectivity index (χ3n) is 4.70. The number of hydrogen-bond acceptors (Lipinski definition) is 3. The van der Waals surface area contributed by atoms with Crippen molar-refractivity contribution in [2.45, 2.75) is 57.8 Å². The third-order valence-corrected chi connectivity index (χ3v) is 4.70. The molecule has 0 spiro atoms. The average Bonchev–Trinajstić information content (AvgIpc) is 2.96. The van der Waals surface area contributed by atoms with Gasteiger partial charge in [0.05, 0.1) is 12.2 Å². The molecule has 4 heteroatoms. The Balaban J connectivity index is 1.44. The second kappa shape index (κ2) is 4.74. The van der Waals surface area contributed by atoms with Gasteiger partial charge >= 0.3 is 0 Å².